The van der Waals surface area contributed by atoms with Gasteiger partial charge in [-0.15, -0.1) is 0 Å². The summed E-state index contributed by atoms with van der Waals surface area (Å²) >= 11 is 0. The highest BCUT2D eigenvalue weighted by atomic mass is 16.5. The average Bonchev–Trinajstić information content (AvgIpc) is 2.90. The van der Waals surface area contributed by atoms with Crippen LogP contribution in [0.15, 0.2) is 12.2 Å². The fourth-order valence-corrected chi connectivity index (χ4v) is 2.53. The molecule has 0 aromatic heterocycles. The minimum Gasteiger partial charge on any atom is -0.464 e. The topological polar surface area (TPSA) is 55.4 Å². The first-order valence-electron chi connectivity index (χ1n) is 8.85. The fraction of sp³-hybridized carbons (Fsp3) is 0.778. The van der Waals surface area contributed by atoms with Crippen molar-refractivity contribution in [3.05, 3.63) is 12.2 Å². The van der Waals surface area contributed by atoms with Crippen molar-refractivity contribution in [3.63, 3.8) is 0 Å². The molecular formula is C18H31NO3. The first kappa shape index (κ1) is 18.7. The van der Waals surface area contributed by atoms with E-state index in [0.29, 0.717) is 19.4 Å². The molecular weight excluding hydrogens is 278 g/mol. The summed E-state index contributed by atoms with van der Waals surface area (Å²) in [5, 5.41) is 2.74. The molecule has 22 heavy (non-hydrogen) atoms. The van der Waals surface area contributed by atoms with Gasteiger partial charge >= 0.3 is 5.97 Å². The second kappa shape index (κ2) is 12.2. The number of carbonyl (C=O) groups excluding carboxylic acids is 2. The highest BCUT2D eigenvalue weighted by Gasteiger charge is 2.27. The second-order valence-corrected chi connectivity index (χ2v) is 6.00. The number of esters is 1. The summed E-state index contributed by atoms with van der Waals surface area (Å²) in [5.74, 6) is -0.317. The van der Waals surface area contributed by atoms with Crippen molar-refractivity contribution in [2.75, 3.05) is 6.61 Å². The summed E-state index contributed by atoms with van der Waals surface area (Å²) in [6.45, 7) is 2.64. The van der Waals surface area contributed by atoms with E-state index in [9.17, 15) is 9.59 Å². The molecule has 1 saturated heterocycles. The van der Waals surface area contributed by atoms with Crippen LogP contribution in [0, 0.1) is 0 Å². The van der Waals surface area contributed by atoms with Crippen molar-refractivity contribution in [1.29, 1.82) is 0 Å². The van der Waals surface area contributed by atoms with Gasteiger partial charge in [0.25, 0.3) is 0 Å². The van der Waals surface area contributed by atoms with Crippen molar-refractivity contribution in [1.82, 2.24) is 5.32 Å². The summed E-state index contributed by atoms with van der Waals surface area (Å²) in [5.41, 5.74) is 0. The van der Waals surface area contributed by atoms with Gasteiger partial charge in [-0.05, 0) is 25.7 Å². The number of amides is 1. The van der Waals surface area contributed by atoms with Crippen molar-refractivity contribution in [3.8, 4) is 0 Å². The zero-order chi connectivity index (χ0) is 16.0. The minimum absolute atomic E-state index is 0.0253. The standard InChI is InChI=1S/C18H31NO3/c1-2-3-4-5-6-7-8-9-10-11-12-13-17(20)19-16-14-15-22-18(16)21/h5-6,16H,2-4,7-15H2,1H3,(H,19,20)/b6-5-/t16-/m0/s1. The molecule has 0 unspecified atom stereocenters. The lowest BCUT2D eigenvalue weighted by Crippen LogP contribution is -2.37. The Bertz CT molecular complexity index is 352. The normalized spacial score (nSPS) is 17.9. The average molecular weight is 309 g/mol. The number of allylic oxidation sites excluding steroid dienone is 2. The van der Waals surface area contributed by atoms with Crippen molar-refractivity contribution < 1.29 is 14.3 Å². The molecule has 1 aliphatic heterocycles. The summed E-state index contributed by atoms with van der Waals surface area (Å²) in [4.78, 5) is 22.9. The number of cyclic esters (lactones) is 1. The van der Waals surface area contributed by atoms with E-state index in [1.165, 1.54) is 44.9 Å². The fourth-order valence-electron chi connectivity index (χ4n) is 2.53. The van der Waals surface area contributed by atoms with Crippen LogP contribution in [0.5, 0.6) is 0 Å². The van der Waals surface area contributed by atoms with Crippen molar-refractivity contribution >= 4 is 11.9 Å². The van der Waals surface area contributed by atoms with Crippen LogP contribution in [-0.2, 0) is 14.3 Å². The number of hydrogen-bond acceptors (Lipinski definition) is 3. The molecule has 1 heterocycles. The molecule has 0 spiro atoms. The molecule has 1 rings (SSSR count). The molecule has 0 radical (unpaired) electrons. The molecule has 126 valence electrons. The van der Waals surface area contributed by atoms with E-state index in [1.54, 1.807) is 0 Å². The molecule has 1 N–H and O–H groups in total. The predicted octanol–water partition coefficient (Wildman–Crippen LogP) is 3.90. The quantitative estimate of drug-likeness (QED) is 0.338. The lowest BCUT2D eigenvalue weighted by Gasteiger charge is -2.08. The first-order valence-corrected chi connectivity index (χ1v) is 8.85. The van der Waals surface area contributed by atoms with Gasteiger partial charge in [0.05, 0.1) is 6.61 Å². The van der Waals surface area contributed by atoms with E-state index in [4.69, 9.17) is 4.74 Å². The summed E-state index contributed by atoms with van der Waals surface area (Å²) in [7, 11) is 0. The van der Waals surface area contributed by atoms with E-state index < -0.39 is 6.04 Å². The molecule has 0 aromatic rings. The van der Waals surface area contributed by atoms with Crippen LogP contribution in [0.3, 0.4) is 0 Å². The van der Waals surface area contributed by atoms with Crippen LogP contribution in [0.1, 0.15) is 77.6 Å². The molecule has 0 bridgehead atoms. The Hall–Kier alpha value is -1.32. The molecule has 0 aliphatic carbocycles. The van der Waals surface area contributed by atoms with E-state index in [2.05, 4.69) is 24.4 Å². The Kier molecular flexibility index (Phi) is 10.4. The number of rotatable bonds is 12. The molecule has 1 fully saturated rings. The summed E-state index contributed by atoms with van der Waals surface area (Å²) < 4.78 is 4.82. The van der Waals surface area contributed by atoms with Gasteiger partial charge in [0.1, 0.15) is 6.04 Å². The third kappa shape index (κ3) is 8.85. The lowest BCUT2D eigenvalue weighted by atomic mass is 10.1. The van der Waals surface area contributed by atoms with Crippen LogP contribution in [0.4, 0.5) is 0 Å². The van der Waals surface area contributed by atoms with E-state index in [1.807, 2.05) is 0 Å². The van der Waals surface area contributed by atoms with Crippen LogP contribution in [0.25, 0.3) is 0 Å². The summed E-state index contributed by atoms with van der Waals surface area (Å²) in [6, 6.07) is -0.410. The smallest absolute Gasteiger partial charge is 0.328 e. The van der Waals surface area contributed by atoms with Crippen LogP contribution < -0.4 is 5.32 Å². The van der Waals surface area contributed by atoms with Gasteiger partial charge in [0, 0.05) is 12.8 Å². The molecule has 4 heteroatoms. The second-order valence-electron chi connectivity index (χ2n) is 6.00. The minimum atomic E-state index is -0.410. The predicted molar refractivity (Wildman–Crippen MR) is 88.5 cm³/mol. The zero-order valence-corrected chi connectivity index (χ0v) is 13.9. The van der Waals surface area contributed by atoms with Gasteiger partial charge < -0.3 is 10.1 Å². The Morgan fingerprint density at radius 1 is 1.14 bits per heavy atom. The van der Waals surface area contributed by atoms with E-state index >= 15 is 0 Å². The number of nitrogens with one attached hydrogen (secondary N) is 1. The Morgan fingerprint density at radius 2 is 1.82 bits per heavy atom. The highest BCUT2D eigenvalue weighted by molar-refractivity contribution is 5.85. The third-order valence-corrected chi connectivity index (χ3v) is 3.94. The SMILES string of the molecule is CCCC/C=C\CCCCCCCC(=O)N[C@H]1CCOC1=O. The molecule has 1 aliphatic rings. The Labute approximate surface area is 134 Å². The van der Waals surface area contributed by atoms with Crippen LogP contribution in [-0.4, -0.2) is 24.5 Å². The van der Waals surface area contributed by atoms with Crippen molar-refractivity contribution in [2.24, 2.45) is 0 Å². The maximum atomic E-state index is 11.7. The van der Waals surface area contributed by atoms with Gasteiger partial charge in [-0.1, -0.05) is 51.2 Å². The highest BCUT2D eigenvalue weighted by Crippen LogP contribution is 2.10. The molecule has 0 saturated carbocycles. The zero-order valence-electron chi connectivity index (χ0n) is 13.9. The number of carbonyl (C=O) groups is 2. The maximum Gasteiger partial charge on any atom is 0.328 e. The summed E-state index contributed by atoms with van der Waals surface area (Å²) in [6.07, 6.45) is 16.3. The monoisotopic (exact) mass is 309 g/mol. The Balaban J connectivity index is 1.87. The van der Waals surface area contributed by atoms with Gasteiger partial charge in [-0.3, -0.25) is 4.79 Å². The van der Waals surface area contributed by atoms with Gasteiger partial charge in [-0.2, -0.15) is 0 Å². The number of unbranched alkanes of at least 4 members (excludes halogenated alkanes) is 7. The van der Waals surface area contributed by atoms with Gasteiger partial charge in [-0.25, -0.2) is 4.79 Å². The van der Waals surface area contributed by atoms with E-state index in [0.717, 1.165) is 12.8 Å². The van der Waals surface area contributed by atoms with Gasteiger partial charge in [0.15, 0.2) is 0 Å². The third-order valence-electron chi connectivity index (χ3n) is 3.94. The van der Waals surface area contributed by atoms with Crippen molar-refractivity contribution in [2.45, 2.75) is 83.6 Å². The molecule has 4 nitrogen and oxygen atoms in total. The van der Waals surface area contributed by atoms with E-state index in [-0.39, 0.29) is 11.9 Å². The largest absolute Gasteiger partial charge is 0.464 e. The first-order chi connectivity index (χ1) is 10.7. The number of ether oxygens (including phenoxy) is 1. The van der Waals surface area contributed by atoms with Gasteiger partial charge in [0.2, 0.25) is 5.91 Å². The number of hydrogen-bond donors (Lipinski definition) is 1. The van der Waals surface area contributed by atoms with Crippen LogP contribution in [0.2, 0.25) is 0 Å². The Morgan fingerprint density at radius 3 is 2.50 bits per heavy atom. The molecule has 0 aromatic carbocycles. The molecule has 1 amide bonds. The maximum absolute atomic E-state index is 11.7. The van der Waals surface area contributed by atoms with Crippen LogP contribution >= 0.6 is 0 Å². The lowest BCUT2D eigenvalue weighted by molar-refractivity contribution is -0.141. The molecule has 1 atom stereocenters.